The van der Waals surface area contributed by atoms with Crippen molar-refractivity contribution < 1.29 is 32.7 Å². The number of nitrogens with one attached hydrogen (secondary N) is 2. The highest BCUT2D eigenvalue weighted by atomic mass is 19.4. The van der Waals surface area contributed by atoms with Crippen LogP contribution in [0.15, 0.2) is 24.5 Å². The molecule has 8 nitrogen and oxygen atoms in total. The van der Waals surface area contributed by atoms with Crippen LogP contribution in [0.5, 0.6) is 0 Å². The van der Waals surface area contributed by atoms with Gasteiger partial charge in [-0.25, -0.2) is 9.59 Å². The summed E-state index contributed by atoms with van der Waals surface area (Å²) in [5.74, 6) is -2.47. The van der Waals surface area contributed by atoms with E-state index in [0.29, 0.717) is 25.6 Å². The Bertz CT molecular complexity index is 791. The third kappa shape index (κ3) is 5.19. The Balaban J connectivity index is 0.000000318. The number of alkyl halides is 3. The van der Waals surface area contributed by atoms with Crippen LogP contribution in [0.4, 0.5) is 18.0 Å². The maximum absolute atomic E-state index is 12.2. The number of urea groups is 1. The first-order valence-corrected chi connectivity index (χ1v) is 9.67. The predicted octanol–water partition coefficient (Wildman–Crippen LogP) is 2.02. The quantitative estimate of drug-likeness (QED) is 0.668. The maximum atomic E-state index is 12.2. The Morgan fingerprint density at radius 1 is 1.20 bits per heavy atom. The molecule has 30 heavy (non-hydrogen) atoms. The number of rotatable bonds is 2. The number of carbonyl (C=O) groups is 3. The topological polar surface area (TPSA) is 112 Å². The molecule has 11 heteroatoms. The molecule has 1 spiro atoms. The second-order valence-electron chi connectivity index (χ2n) is 7.76. The summed E-state index contributed by atoms with van der Waals surface area (Å²) in [7, 11) is 0. The number of carboxylic acids is 1. The van der Waals surface area contributed by atoms with Crippen molar-refractivity contribution in [2.45, 2.75) is 55.8 Å². The molecule has 3 amide bonds. The Hall–Kier alpha value is -2.85. The molecule has 1 atom stereocenters. The molecule has 4 rings (SSSR count). The third-order valence-electron chi connectivity index (χ3n) is 5.64. The highest BCUT2D eigenvalue weighted by Gasteiger charge is 2.49. The van der Waals surface area contributed by atoms with Crippen LogP contribution in [0, 0.1) is 0 Å². The van der Waals surface area contributed by atoms with Gasteiger partial charge in [-0.2, -0.15) is 13.2 Å². The zero-order valence-corrected chi connectivity index (χ0v) is 16.1. The van der Waals surface area contributed by atoms with E-state index in [2.05, 4.69) is 15.6 Å². The molecule has 164 valence electrons. The molecule has 1 aliphatic carbocycles. The molecule has 0 bridgehead atoms. The average Bonchev–Trinajstić information content (AvgIpc) is 3.45. The van der Waals surface area contributed by atoms with Crippen molar-refractivity contribution in [3.8, 4) is 0 Å². The highest BCUT2D eigenvalue weighted by molar-refractivity contribution is 5.82. The maximum Gasteiger partial charge on any atom is 0.490 e. The van der Waals surface area contributed by atoms with Crippen LogP contribution in [0.3, 0.4) is 0 Å². The molecule has 0 aromatic carbocycles. The van der Waals surface area contributed by atoms with E-state index in [4.69, 9.17) is 9.90 Å². The van der Waals surface area contributed by atoms with Gasteiger partial charge in [0.25, 0.3) is 0 Å². The molecule has 3 heterocycles. The van der Waals surface area contributed by atoms with Gasteiger partial charge in [-0.15, -0.1) is 0 Å². The number of nitrogens with zero attached hydrogens (tertiary/aromatic N) is 2. The van der Waals surface area contributed by atoms with Gasteiger partial charge in [-0.1, -0.05) is 0 Å². The summed E-state index contributed by atoms with van der Waals surface area (Å²) in [5, 5.41) is 13.4. The minimum Gasteiger partial charge on any atom is -0.475 e. The molecule has 2 aliphatic heterocycles. The Labute approximate surface area is 170 Å². The fourth-order valence-corrected chi connectivity index (χ4v) is 3.91. The van der Waals surface area contributed by atoms with Gasteiger partial charge in [0.2, 0.25) is 5.91 Å². The zero-order valence-electron chi connectivity index (χ0n) is 16.1. The molecule has 1 saturated carbocycles. The number of halogens is 3. The zero-order chi connectivity index (χ0) is 21.9. The number of amides is 3. The van der Waals surface area contributed by atoms with Crippen LogP contribution in [0.25, 0.3) is 0 Å². The van der Waals surface area contributed by atoms with Crippen LogP contribution >= 0.6 is 0 Å². The van der Waals surface area contributed by atoms with Gasteiger partial charge in [0, 0.05) is 43.9 Å². The van der Waals surface area contributed by atoms with Crippen molar-refractivity contribution in [2.24, 2.45) is 0 Å². The van der Waals surface area contributed by atoms with Crippen LogP contribution in [0.2, 0.25) is 0 Å². The van der Waals surface area contributed by atoms with E-state index in [1.54, 1.807) is 12.4 Å². The molecular weight excluding hydrogens is 405 g/mol. The minimum atomic E-state index is -5.08. The fourth-order valence-electron chi connectivity index (χ4n) is 3.91. The summed E-state index contributed by atoms with van der Waals surface area (Å²) in [6.45, 7) is 1.39. The number of aromatic nitrogens is 1. The van der Waals surface area contributed by atoms with Gasteiger partial charge in [0.1, 0.15) is 0 Å². The molecule has 3 aliphatic rings. The molecule has 0 radical (unpaired) electrons. The van der Waals surface area contributed by atoms with Crippen molar-refractivity contribution in [2.75, 3.05) is 13.1 Å². The summed E-state index contributed by atoms with van der Waals surface area (Å²) >= 11 is 0. The summed E-state index contributed by atoms with van der Waals surface area (Å²) in [5.41, 5.74) is 0.948. The summed E-state index contributed by atoms with van der Waals surface area (Å²) in [4.78, 5) is 39.1. The lowest BCUT2D eigenvalue weighted by molar-refractivity contribution is -0.192. The van der Waals surface area contributed by atoms with Gasteiger partial charge in [0.05, 0.1) is 5.54 Å². The largest absolute Gasteiger partial charge is 0.490 e. The lowest BCUT2D eigenvalue weighted by atomic mass is 9.74. The average molecular weight is 428 g/mol. The van der Waals surface area contributed by atoms with Crippen LogP contribution in [-0.4, -0.2) is 63.7 Å². The molecule has 1 unspecified atom stereocenters. The number of hydrogen-bond donors (Lipinski definition) is 3. The number of carboxylic acid groups (broad SMARTS) is 1. The first kappa shape index (κ1) is 21.8. The number of piperidine rings is 1. The second kappa shape index (κ2) is 8.49. The summed E-state index contributed by atoms with van der Waals surface area (Å²) in [6, 6.07) is 4.43. The number of hydrogen-bond acceptors (Lipinski definition) is 4. The molecule has 1 aromatic heterocycles. The van der Waals surface area contributed by atoms with E-state index >= 15 is 0 Å². The van der Waals surface area contributed by atoms with Gasteiger partial charge in [-0.3, -0.25) is 9.78 Å². The van der Waals surface area contributed by atoms with Gasteiger partial charge < -0.3 is 20.6 Å². The second-order valence-corrected chi connectivity index (χ2v) is 7.76. The van der Waals surface area contributed by atoms with E-state index in [1.165, 1.54) is 0 Å². The van der Waals surface area contributed by atoms with Crippen LogP contribution in [0.1, 0.15) is 43.6 Å². The lowest BCUT2D eigenvalue weighted by Gasteiger charge is -2.42. The van der Waals surface area contributed by atoms with Crippen LogP contribution in [-0.2, 0) is 9.59 Å². The van der Waals surface area contributed by atoms with Gasteiger partial charge in [0.15, 0.2) is 0 Å². The first-order chi connectivity index (χ1) is 14.1. The Morgan fingerprint density at radius 2 is 1.77 bits per heavy atom. The van der Waals surface area contributed by atoms with Crippen LogP contribution < -0.4 is 10.6 Å². The van der Waals surface area contributed by atoms with Gasteiger partial charge >= 0.3 is 18.2 Å². The standard InChI is InChI=1S/C17H22N4O2.C2HF3O2/c22-15-11-14(12-3-7-18-8-4-12)17(20-15)5-9-21(10-6-17)16(23)19-13-1-2-13;3-2(4,5)1(6)7/h3-4,7-8,13-14H,1-2,5-6,9-11H2,(H,19,23)(H,20,22);(H,6,7). The van der Waals surface area contributed by atoms with Gasteiger partial charge in [-0.05, 0) is 43.4 Å². The first-order valence-electron chi connectivity index (χ1n) is 9.67. The van der Waals surface area contributed by atoms with E-state index in [-0.39, 0.29) is 23.4 Å². The van der Waals surface area contributed by atoms with E-state index in [1.807, 2.05) is 17.0 Å². The number of carbonyl (C=O) groups excluding carboxylic acids is 2. The molecule has 1 aromatic rings. The lowest BCUT2D eigenvalue weighted by Crippen LogP contribution is -2.56. The van der Waals surface area contributed by atoms with Crippen molar-refractivity contribution in [3.63, 3.8) is 0 Å². The monoisotopic (exact) mass is 428 g/mol. The number of aliphatic carboxylic acids is 1. The summed E-state index contributed by atoms with van der Waals surface area (Å²) < 4.78 is 31.7. The summed E-state index contributed by atoms with van der Waals surface area (Å²) in [6.07, 6.45) is 2.83. The molecular formula is C19H23F3N4O4. The number of pyridine rings is 1. The Kier molecular flexibility index (Phi) is 6.18. The van der Waals surface area contributed by atoms with E-state index < -0.39 is 12.1 Å². The van der Waals surface area contributed by atoms with E-state index in [0.717, 1.165) is 31.2 Å². The van der Waals surface area contributed by atoms with Crippen molar-refractivity contribution in [1.29, 1.82) is 0 Å². The van der Waals surface area contributed by atoms with Crippen molar-refractivity contribution >= 4 is 17.9 Å². The SMILES string of the molecule is O=C(O)C(F)(F)F.O=C1CC(c2ccncc2)C2(CCN(C(=O)NC3CC3)CC2)N1. The van der Waals surface area contributed by atoms with Crippen molar-refractivity contribution in [3.05, 3.63) is 30.1 Å². The molecule has 3 N–H and O–H groups in total. The third-order valence-corrected chi connectivity index (χ3v) is 5.64. The molecule has 2 saturated heterocycles. The Morgan fingerprint density at radius 3 is 2.27 bits per heavy atom. The molecule has 3 fully saturated rings. The normalized spacial score (nSPS) is 22.7. The predicted molar refractivity (Wildman–Crippen MR) is 98.5 cm³/mol. The fraction of sp³-hybridized carbons (Fsp3) is 0.579. The smallest absolute Gasteiger partial charge is 0.475 e. The minimum absolute atomic E-state index is 0.0483. The van der Waals surface area contributed by atoms with E-state index in [9.17, 15) is 22.8 Å². The highest BCUT2D eigenvalue weighted by Crippen LogP contribution is 2.43. The van der Waals surface area contributed by atoms with Crippen molar-refractivity contribution in [1.82, 2.24) is 20.5 Å². The number of likely N-dealkylation sites (tertiary alicyclic amines) is 1.